The molecule has 0 fully saturated rings. The third-order valence-corrected chi connectivity index (χ3v) is 3.40. The van der Waals surface area contributed by atoms with Crippen LogP contribution in [0.5, 0.6) is 0 Å². The van der Waals surface area contributed by atoms with Gasteiger partial charge in [0, 0.05) is 19.3 Å². The Bertz CT molecular complexity index is 520. The second kappa shape index (κ2) is 7.15. The van der Waals surface area contributed by atoms with Gasteiger partial charge in [-0.2, -0.15) is 0 Å². The van der Waals surface area contributed by atoms with E-state index in [0.717, 1.165) is 25.4 Å². The van der Waals surface area contributed by atoms with E-state index >= 15 is 0 Å². The highest BCUT2D eigenvalue weighted by Gasteiger charge is 2.07. The second-order valence-corrected chi connectivity index (χ2v) is 5.23. The lowest BCUT2D eigenvalue weighted by Crippen LogP contribution is -2.18. The van der Waals surface area contributed by atoms with Crippen LogP contribution >= 0.6 is 0 Å². The molecule has 0 radical (unpaired) electrons. The van der Waals surface area contributed by atoms with Crippen LogP contribution < -0.4 is 10.2 Å². The minimum absolute atomic E-state index is 0.793. The number of rotatable bonds is 7. The summed E-state index contributed by atoms with van der Waals surface area (Å²) in [7, 11) is 2.10. The van der Waals surface area contributed by atoms with Gasteiger partial charge in [-0.05, 0) is 49.2 Å². The standard InChI is InChI=1S/C17H24N2O/c1-4-9-18-12-15-7-8-17(14(2)11-15)19(3)13-16-6-5-10-20-16/h5-8,10-11,18H,4,9,12-13H2,1-3H3. The van der Waals surface area contributed by atoms with Crippen molar-refractivity contribution < 1.29 is 4.42 Å². The zero-order valence-electron chi connectivity index (χ0n) is 12.6. The molecule has 108 valence electrons. The first kappa shape index (κ1) is 14.7. The quantitative estimate of drug-likeness (QED) is 0.779. The number of furan rings is 1. The topological polar surface area (TPSA) is 28.4 Å². The average Bonchev–Trinajstić information content (AvgIpc) is 2.92. The molecule has 0 amide bonds. The van der Waals surface area contributed by atoms with E-state index in [-0.39, 0.29) is 0 Å². The van der Waals surface area contributed by atoms with Gasteiger partial charge in [-0.25, -0.2) is 0 Å². The van der Waals surface area contributed by atoms with E-state index in [1.54, 1.807) is 6.26 Å². The first-order chi connectivity index (χ1) is 9.70. The van der Waals surface area contributed by atoms with Crippen LogP contribution in [0.25, 0.3) is 0 Å². The maximum absolute atomic E-state index is 5.40. The van der Waals surface area contributed by atoms with Crippen LogP contribution in [0.15, 0.2) is 41.0 Å². The lowest BCUT2D eigenvalue weighted by Gasteiger charge is -2.21. The highest BCUT2D eigenvalue weighted by atomic mass is 16.3. The van der Waals surface area contributed by atoms with Crippen molar-refractivity contribution in [3.63, 3.8) is 0 Å². The van der Waals surface area contributed by atoms with Crippen molar-refractivity contribution in [1.82, 2.24) is 5.32 Å². The molecule has 0 aliphatic carbocycles. The molecule has 1 N–H and O–H groups in total. The Hall–Kier alpha value is -1.74. The van der Waals surface area contributed by atoms with E-state index in [1.165, 1.54) is 23.2 Å². The summed E-state index contributed by atoms with van der Waals surface area (Å²) in [5.74, 6) is 0.987. The third kappa shape index (κ3) is 3.87. The number of nitrogens with zero attached hydrogens (tertiary/aromatic N) is 1. The molecule has 0 aliphatic rings. The predicted octanol–water partition coefficient (Wildman–Crippen LogP) is 3.72. The Labute approximate surface area is 121 Å². The molecule has 0 spiro atoms. The van der Waals surface area contributed by atoms with Crippen LogP contribution in [0.4, 0.5) is 5.69 Å². The molecule has 1 aromatic carbocycles. The normalized spacial score (nSPS) is 10.8. The zero-order chi connectivity index (χ0) is 14.4. The number of aryl methyl sites for hydroxylation is 1. The van der Waals surface area contributed by atoms with E-state index in [1.807, 2.05) is 12.1 Å². The van der Waals surface area contributed by atoms with Crippen molar-refractivity contribution in [3.05, 3.63) is 53.5 Å². The SMILES string of the molecule is CCCNCc1ccc(N(C)Cc2ccco2)c(C)c1. The molecular formula is C17H24N2O. The van der Waals surface area contributed by atoms with Gasteiger partial charge in [0.2, 0.25) is 0 Å². The molecule has 0 saturated heterocycles. The number of nitrogens with one attached hydrogen (secondary N) is 1. The summed E-state index contributed by atoms with van der Waals surface area (Å²) >= 11 is 0. The average molecular weight is 272 g/mol. The number of hydrogen-bond donors (Lipinski definition) is 1. The van der Waals surface area contributed by atoms with Crippen molar-refractivity contribution in [2.45, 2.75) is 33.4 Å². The first-order valence-corrected chi connectivity index (χ1v) is 7.24. The van der Waals surface area contributed by atoms with Crippen LogP contribution in [-0.2, 0) is 13.1 Å². The summed E-state index contributed by atoms with van der Waals surface area (Å²) in [4.78, 5) is 2.22. The van der Waals surface area contributed by atoms with Gasteiger partial charge in [0.05, 0.1) is 12.8 Å². The van der Waals surface area contributed by atoms with Gasteiger partial charge in [-0.1, -0.05) is 19.1 Å². The second-order valence-electron chi connectivity index (χ2n) is 5.23. The molecule has 2 aromatic rings. The summed E-state index contributed by atoms with van der Waals surface area (Å²) in [6.45, 7) is 7.15. The van der Waals surface area contributed by atoms with Crippen molar-refractivity contribution in [2.75, 3.05) is 18.5 Å². The molecule has 0 unspecified atom stereocenters. The molecule has 0 atom stereocenters. The van der Waals surface area contributed by atoms with E-state index in [9.17, 15) is 0 Å². The molecule has 0 bridgehead atoms. The molecule has 1 heterocycles. The maximum Gasteiger partial charge on any atom is 0.123 e. The van der Waals surface area contributed by atoms with Crippen molar-refractivity contribution in [3.8, 4) is 0 Å². The minimum Gasteiger partial charge on any atom is -0.467 e. The van der Waals surface area contributed by atoms with Crippen LogP contribution in [0.1, 0.15) is 30.2 Å². The lowest BCUT2D eigenvalue weighted by molar-refractivity contribution is 0.507. The molecular weight excluding hydrogens is 248 g/mol. The first-order valence-electron chi connectivity index (χ1n) is 7.24. The summed E-state index contributed by atoms with van der Waals surface area (Å²) in [5, 5.41) is 3.44. The molecule has 1 aromatic heterocycles. The molecule has 2 rings (SSSR count). The van der Waals surface area contributed by atoms with Crippen molar-refractivity contribution in [1.29, 1.82) is 0 Å². The Balaban J connectivity index is 2.01. The van der Waals surface area contributed by atoms with E-state index in [4.69, 9.17) is 4.42 Å². The smallest absolute Gasteiger partial charge is 0.123 e. The van der Waals surface area contributed by atoms with Crippen LogP contribution in [0, 0.1) is 6.92 Å². The summed E-state index contributed by atoms with van der Waals surface area (Å²) in [6, 6.07) is 10.6. The number of benzene rings is 1. The summed E-state index contributed by atoms with van der Waals surface area (Å²) in [5.41, 5.74) is 3.89. The van der Waals surface area contributed by atoms with E-state index in [2.05, 4.69) is 49.3 Å². The van der Waals surface area contributed by atoms with Gasteiger partial charge in [-0.3, -0.25) is 0 Å². The van der Waals surface area contributed by atoms with Gasteiger partial charge < -0.3 is 14.6 Å². The Morgan fingerprint density at radius 2 is 2.10 bits per heavy atom. The highest BCUT2D eigenvalue weighted by Crippen LogP contribution is 2.22. The van der Waals surface area contributed by atoms with Crippen LogP contribution in [0.2, 0.25) is 0 Å². The van der Waals surface area contributed by atoms with E-state index in [0.29, 0.717) is 0 Å². The van der Waals surface area contributed by atoms with Crippen molar-refractivity contribution >= 4 is 5.69 Å². The monoisotopic (exact) mass is 272 g/mol. The van der Waals surface area contributed by atoms with Gasteiger partial charge in [0.15, 0.2) is 0 Å². The fourth-order valence-corrected chi connectivity index (χ4v) is 2.39. The van der Waals surface area contributed by atoms with Gasteiger partial charge in [0.1, 0.15) is 5.76 Å². The maximum atomic E-state index is 5.40. The molecule has 0 saturated carbocycles. The van der Waals surface area contributed by atoms with Crippen LogP contribution in [0.3, 0.4) is 0 Å². The fraction of sp³-hybridized carbons (Fsp3) is 0.412. The Morgan fingerprint density at radius 1 is 1.25 bits per heavy atom. The molecule has 3 nitrogen and oxygen atoms in total. The summed E-state index contributed by atoms with van der Waals surface area (Å²) in [6.07, 6.45) is 2.89. The number of hydrogen-bond acceptors (Lipinski definition) is 3. The van der Waals surface area contributed by atoms with Gasteiger partial charge in [0.25, 0.3) is 0 Å². The zero-order valence-corrected chi connectivity index (χ0v) is 12.6. The molecule has 0 aliphatic heterocycles. The minimum atomic E-state index is 0.793. The fourth-order valence-electron chi connectivity index (χ4n) is 2.39. The third-order valence-electron chi connectivity index (χ3n) is 3.40. The summed E-state index contributed by atoms with van der Waals surface area (Å²) < 4.78 is 5.40. The van der Waals surface area contributed by atoms with Crippen molar-refractivity contribution in [2.24, 2.45) is 0 Å². The van der Waals surface area contributed by atoms with E-state index < -0.39 is 0 Å². The predicted molar refractivity (Wildman–Crippen MR) is 84.0 cm³/mol. The van der Waals surface area contributed by atoms with Crippen LogP contribution in [-0.4, -0.2) is 13.6 Å². The number of anilines is 1. The Kier molecular flexibility index (Phi) is 5.24. The van der Waals surface area contributed by atoms with Gasteiger partial charge in [-0.15, -0.1) is 0 Å². The molecule has 20 heavy (non-hydrogen) atoms. The van der Waals surface area contributed by atoms with Gasteiger partial charge >= 0.3 is 0 Å². The lowest BCUT2D eigenvalue weighted by atomic mass is 10.1. The highest BCUT2D eigenvalue weighted by molar-refractivity contribution is 5.54. The largest absolute Gasteiger partial charge is 0.467 e. The Morgan fingerprint density at radius 3 is 2.75 bits per heavy atom. The molecule has 3 heteroatoms.